The van der Waals surface area contributed by atoms with Crippen LogP contribution >= 0.6 is 0 Å². The Balaban J connectivity index is 0.000000200. The maximum Gasteiger partial charge on any atom is 0.0571 e. The van der Waals surface area contributed by atoms with Gasteiger partial charge < -0.3 is 19.7 Å². The molecule has 0 bridgehead atoms. The normalized spacial score (nSPS) is 34.2. The Morgan fingerprint density at radius 2 is 0.950 bits per heavy atom. The van der Waals surface area contributed by atoms with Crippen LogP contribution in [-0.2, 0) is 9.47 Å². The van der Waals surface area contributed by atoms with Crippen molar-refractivity contribution in [2.24, 2.45) is 11.8 Å². The van der Waals surface area contributed by atoms with Crippen molar-refractivity contribution in [2.45, 2.75) is 63.6 Å². The molecule has 4 heteroatoms. The summed E-state index contributed by atoms with van der Waals surface area (Å²) in [5.74, 6) is 1.10. The highest BCUT2D eigenvalue weighted by molar-refractivity contribution is 4.72. The summed E-state index contributed by atoms with van der Waals surface area (Å²) in [6.07, 6.45) is 9.96. The topological polar surface area (TPSA) is 58.9 Å². The molecule has 0 atom stereocenters. The lowest BCUT2D eigenvalue weighted by atomic mass is 9.88. The van der Waals surface area contributed by atoms with Crippen molar-refractivity contribution in [3.8, 4) is 0 Å². The van der Waals surface area contributed by atoms with Crippen molar-refractivity contribution in [2.75, 3.05) is 27.4 Å². The van der Waals surface area contributed by atoms with Crippen LogP contribution < -0.4 is 0 Å². The largest absolute Gasteiger partial charge is 0.396 e. The number of methoxy groups -OCH3 is 2. The highest BCUT2D eigenvalue weighted by atomic mass is 16.5. The van der Waals surface area contributed by atoms with Gasteiger partial charge in [-0.2, -0.15) is 0 Å². The van der Waals surface area contributed by atoms with E-state index in [1.807, 2.05) is 0 Å². The van der Waals surface area contributed by atoms with Gasteiger partial charge in [-0.3, -0.25) is 0 Å². The molecule has 0 radical (unpaired) electrons. The SMILES string of the molecule is COC1CCC(CO)CC1.COC1CCC(CO)CC1. The molecule has 4 nitrogen and oxygen atoms in total. The van der Waals surface area contributed by atoms with Crippen molar-refractivity contribution in [3.63, 3.8) is 0 Å². The lowest BCUT2D eigenvalue weighted by Gasteiger charge is -2.25. The molecule has 0 aromatic heterocycles. The molecule has 2 saturated carbocycles. The molecule has 2 aliphatic rings. The Labute approximate surface area is 123 Å². The summed E-state index contributed by atoms with van der Waals surface area (Å²) in [6, 6.07) is 0. The summed E-state index contributed by atoms with van der Waals surface area (Å²) in [5.41, 5.74) is 0. The summed E-state index contributed by atoms with van der Waals surface area (Å²) in [6.45, 7) is 0.715. The van der Waals surface area contributed by atoms with E-state index in [2.05, 4.69) is 0 Å². The summed E-state index contributed by atoms with van der Waals surface area (Å²) >= 11 is 0. The molecule has 0 aliphatic heterocycles. The van der Waals surface area contributed by atoms with Crippen molar-refractivity contribution in [1.29, 1.82) is 0 Å². The van der Waals surface area contributed by atoms with Crippen molar-refractivity contribution < 1.29 is 19.7 Å². The fraction of sp³-hybridized carbons (Fsp3) is 1.00. The Morgan fingerprint density at radius 3 is 1.15 bits per heavy atom. The Morgan fingerprint density at radius 1 is 0.650 bits per heavy atom. The molecule has 2 aliphatic carbocycles. The average Bonchev–Trinajstić information content (AvgIpc) is 2.55. The van der Waals surface area contributed by atoms with Gasteiger partial charge in [-0.15, -0.1) is 0 Å². The zero-order valence-corrected chi connectivity index (χ0v) is 13.1. The molecule has 120 valence electrons. The van der Waals surface area contributed by atoms with Crippen LogP contribution in [0.25, 0.3) is 0 Å². The van der Waals surface area contributed by atoms with Gasteiger partial charge in [0.25, 0.3) is 0 Å². The minimum atomic E-state index is 0.358. The van der Waals surface area contributed by atoms with Crippen LogP contribution in [0.4, 0.5) is 0 Å². The fourth-order valence-corrected chi connectivity index (χ4v) is 3.10. The van der Waals surface area contributed by atoms with Crippen LogP contribution in [0.2, 0.25) is 0 Å². The maximum atomic E-state index is 8.81. The quantitative estimate of drug-likeness (QED) is 0.834. The second-order valence-corrected chi connectivity index (χ2v) is 6.12. The number of aliphatic hydroxyl groups is 2. The van der Waals surface area contributed by atoms with E-state index >= 15 is 0 Å². The van der Waals surface area contributed by atoms with E-state index in [1.165, 1.54) is 0 Å². The summed E-state index contributed by atoms with van der Waals surface area (Å²) in [5, 5.41) is 17.6. The first-order valence-corrected chi connectivity index (χ1v) is 8.00. The zero-order chi connectivity index (χ0) is 14.8. The molecule has 0 amide bonds. The van der Waals surface area contributed by atoms with E-state index in [0.29, 0.717) is 37.3 Å². The van der Waals surface area contributed by atoms with Gasteiger partial charge in [0, 0.05) is 27.4 Å². The second kappa shape index (κ2) is 10.6. The van der Waals surface area contributed by atoms with E-state index in [9.17, 15) is 0 Å². The van der Waals surface area contributed by atoms with E-state index in [-0.39, 0.29) is 0 Å². The minimum Gasteiger partial charge on any atom is -0.396 e. The number of aliphatic hydroxyl groups excluding tert-OH is 2. The molecule has 2 rings (SSSR count). The monoisotopic (exact) mass is 288 g/mol. The van der Waals surface area contributed by atoms with E-state index in [1.54, 1.807) is 14.2 Å². The van der Waals surface area contributed by atoms with Crippen LogP contribution in [0.1, 0.15) is 51.4 Å². The van der Waals surface area contributed by atoms with Crippen molar-refractivity contribution in [3.05, 3.63) is 0 Å². The zero-order valence-electron chi connectivity index (χ0n) is 13.1. The van der Waals surface area contributed by atoms with Crippen LogP contribution in [0.5, 0.6) is 0 Å². The predicted molar refractivity (Wildman–Crippen MR) is 79.7 cm³/mol. The molecule has 0 aromatic carbocycles. The van der Waals surface area contributed by atoms with Crippen LogP contribution in [0, 0.1) is 11.8 Å². The van der Waals surface area contributed by atoms with E-state index < -0.39 is 0 Å². The summed E-state index contributed by atoms with van der Waals surface area (Å²) < 4.78 is 10.4. The molecule has 0 aromatic rings. The number of rotatable bonds is 4. The molecular weight excluding hydrogens is 256 g/mol. The summed E-state index contributed by atoms with van der Waals surface area (Å²) in [7, 11) is 3.54. The van der Waals surface area contributed by atoms with E-state index in [4.69, 9.17) is 19.7 Å². The van der Waals surface area contributed by atoms with Gasteiger partial charge in [0.05, 0.1) is 12.2 Å². The molecule has 0 spiro atoms. The number of hydrogen-bond acceptors (Lipinski definition) is 4. The van der Waals surface area contributed by atoms with Gasteiger partial charge in [0.1, 0.15) is 0 Å². The Bertz CT molecular complexity index is 171. The van der Waals surface area contributed by atoms with Gasteiger partial charge in [-0.25, -0.2) is 0 Å². The molecule has 0 saturated heterocycles. The Hall–Kier alpha value is -0.160. The number of hydrogen-bond donors (Lipinski definition) is 2. The Kier molecular flexibility index (Phi) is 9.44. The van der Waals surface area contributed by atoms with Crippen molar-refractivity contribution >= 4 is 0 Å². The molecule has 0 heterocycles. The minimum absolute atomic E-state index is 0.358. The van der Waals surface area contributed by atoms with Crippen LogP contribution in [0.15, 0.2) is 0 Å². The molecule has 20 heavy (non-hydrogen) atoms. The third-order valence-electron chi connectivity index (χ3n) is 4.77. The first kappa shape index (κ1) is 17.9. The fourth-order valence-electron chi connectivity index (χ4n) is 3.10. The van der Waals surface area contributed by atoms with Crippen LogP contribution in [-0.4, -0.2) is 49.9 Å². The number of ether oxygens (including phenoxy) is 2. The standard InChI is InChI=1S/2C8H16O2/c2*1-10-8-4-2-7(6-9)3-5-8/h2*7-9H,2-6H2,1H3. The highest BCUT2D eigenvalue weighted by Crippen LogP contribution is 2.25. The van der Waals surface area contributed by atoms with Gasteiger partial charge in [-0.05, 0) is 63.2 Å². The van der Waals surface area contributed by atoms with Gasteiger partial charge in [0.2, 0.25) is 0 Å². The van der Waals surface area contributed by atoms with Gasteiger partial charge in [-0.1, -0.05) is 0 Å². The molecule has 2 N–H and O–H groups in total. The average molecular weight is 288 g/mol. The third kappa shape index (κ3) is 6.53. The van der Waals surface area contributed by atoms with Crippen LogP contribution in [0.3, 0.4) is 0 Å². The molecular formula is C16H32O4. The first-order valence-electron chi connectivity index (χ1n) is 8.00. The lowest BCUT2D eigenvalue weighted by molar-refractivity contribution is 0.0456. The highest BCUT2D eigenvalue weighted by Gasteiger charge is 2.20. The smallest absolute Gasteiger partial charge is 0.0571 e. The van der Waals surface area contributed by atoms with Gasteiger partial charge in [0.15, 0.2) is 0 Å². The third-order valence-corrected chi connectivity index (χ3v) is 4.77. The van der Waals surface area contributed by atoms with Gasteiger partial charge >= 0.3 is 0 Å². The predicted octanol–water partition coefficient (Wildman–Crippen LogP) is 2.37. The summed E-state index contributed by atoms with van der Waals surface area (Å²) in [4.78, 5) is 0. The molecule has 2 fully saturated rings. The van der Waals surface area contributed by atoms with Crippen molar-refractivity contribution in [1.82, 2.24) is 0 Å². The lowest BCUT2D eigenvalue weighted by Crippen LogP contribution is -2.21. The second-order valence-electron chi connectivity index (χ2n) is 6.12. The first-order chi connectivity index (χ1) is 9.73. The van der Waals surface area contributed by atoms with E-state index in [0.717, 1.165) is 51.4 Å². The maximum absolute atomic E-state index is 8.81. The molecule has 0 unspecified atom stereocenters.